The van der Waals surface area contributed by atoms with Gasteiger partial charge in [0.2, 0.25) is 5.89 Å². The van der Waals surface area contributed by atoms with Gasteiger partial charge in [0.1, 0.15) is 0 Å². The molecule has 2 rings (SSSR count). The maximum Gasteiger partial charge on any atom is 0.226 e. The maximum absolute atomic E-state index is 5.35. The molecule has 0 aromatic carbocycles. The van der Waals surface area contributed by atoms with Gasteiger partial charge in [0.25, 0.3) is 0 Å². The van der Waals surface area contributed by atoms with E-state index >= 15 is 0 Å². The number of hydrogen-bond donors (Lipinski definition) is 1. The summed E-state index contributed by atoms with van der Waals surface area (Å²) in [6.45, 7) is 5.66. The Hall–Kier alpha value is -0.980. The molecule has 1 saturated heterocycles. The highest BCUT2D eigenvalue weighted by molar-refractivity contribution is 4.95. The van der Waals surface area contributed by atoms with Crippen molar-refractivity contribution in [2.45, 2.75) is 25.8 Å². The monoisotopic (exact) mass is 241 g/mol. The van der Waals surface area contributed by atoms with Crippen molar-refractivity contribution in [1.82, 2.24) is 15.5 Å². The molecule has 0 amide bonds. The van der Waals surface area contributed by atoms with Crippen molar-refractivity contribution in [3.8, 4) is 0 Å². The molecule has 96 valence electrons. The van der Waals surface area contributed by atoms with Gasteiger partial charge in [-0.05, 0) is 13.3 Å². The van der Waals surface area contributed by atoms with Gasteiger partial charge in [-0.2, -0.15) is 4.98 Å². The fourth-order valence-corrected chi connectivity index (χ4v) is 1.71. The normalized spacial score (nSPS) is 20.6. The molecule has 1 N–H and O–H groups in total. The Labute approximate surface area is 101 Å². The Morgan fingerprint density at radius 1 is 1.53 bits per heavy atom. The zero-order chi connectivity index (χ0) is 11.9. The molecule has 1 atom stereocenters. The van der Waals surface area contributed by atoms with Crippen LogP contribution in [-0.2, 0) is 15.9 Å². The van der Waals surface area contributed by atoms with E-state index in [4.69, 9.17) is 14.0 Å². The van der Waals surface area contributed by atoms with Crippen molar-refractivity contribution < 1.29 is 14.0 Å². The highest BCUT2D eigenvalue weighted by Gasteiger charge is 2.20. The van der Waals surface area contributed by atoms with Gasteiger partial charge in [0.05, 0.1) is 19.3 Å². The summed E-state index contributed by atoms with van der Waals surface area (Å²) in [4.78, 5) is 4.36. The van der Waals surface area contributed by atoms with Gasteiger partial charge in [0, 0.05) is 26.2 Å². The molecule has 1 aromatic heterocycles. The fraction of sp³-hybridized carbons (Fsp3) is 0.818. The van der Waals surface area contributed by atoms with E-state index in [0.717, 1.165) is 39.2 Å². The Kier molecular flexibility index (Phi) is 4.90. The van der Waals surface area contributed by atoms with Gasteiger partial charge in [-0.25, -0.2) is 0 Å². The van der Waals surface area contributed by atoms with Crippen LogP contribution in [0, 0.1) is 0 Å². The van der Waals surface area contributed by atoms with Gasteiger partial charge in [-0.3, -0.25) is 0 Å². The first kappa shape index (κ1) is 12.5. The Balaban J connectivity index is 1.78. The molecular weight excluding hydrogens is 222 g/mol. The van der Waals surface area contributed by atoms with Gasteiger partial charge in [-0.15, -0.1) is 0 Å². The summed E-state index contributed by atoms with van der Waals surface area (Å²) < 4.78 is 15.8. The first-order chi connectivity index (χ1) is 8.40. The Bertz CT molecular complexity index is 324. The fourth-order valence-electron chi connectivity index (χ4n) is 1.71. The van der Waals surface area contributed by atoms with Crippen LogP contribution < -0.4 is 5.32 Å². The van der Waals surface area contributed by atoms with Crippen LogP contribution in [0.5, 0.6) is 0 Å². The lowest BCUT2D eigenvalue weighted by Gasteiger charge is -2.20. The lowest BCUT2D eigenvalue weighted by Crippen LogP contribution is -2.35. The summed E-state index contributed by atoms with van der Waals surface area (Å²) in [6, 6.07) is 0.0631. The minimum Gasteiger partial charge on any atom is -0.382 e. The molecule has 0 spiro atoms. The van der Waals surface area contributed by atoms with Crippen molar-refractivity contribution >= 4 is 0 Å². The summed E-state index contributed by atoms with van der Waals surface area (Å²) in [6.07, 6.45) is 1.67. The molecule has 0 bridgehead atoms. The van der Waals surface area contributed by atoms with Gasteiger partial charge in [0.15, 0.2) is 5.82 Å². The number of hydrogen-bond acceptors (Lipinski definition) is 6. The predicted octanol–water partition coefficient (Wildman–Crippen LogP) is 0.700. The summed E-state index contributed by atoms with van der Waals surface area (Å²) in [5.41, 5.74) is 0. The highest BCUT2D eigenvalue weighted by atomic mass is 16.5. The van der Waals surface area contributed by atoms with Crippen molar-refractivity contribution in [2.24, 2.45) is 0 Å². The zero-order valence-corrected chi connectivity index (χ0v) is 10.1. The minimum absolute atomic E-state index is 0.0631. The molecule has 17 heavy (non-hydrogen) atoms. The minimum atomic E-state index is 0.0631. The largest absolute Gasteiger partial charge is 0.382 e. The number of nitrogens with one attached hydrogen (secondary N) is 1. The van der Waals surface area contributed by atoms with E-state index in [1.807, 2.05) is 6.92 Å². The van der Waals surface area contributed by atoms with Gasteiger partial charge < -0.3 is 19.3 Å². The van der Waals surface area contributed by atoms with E-state index < -0.39 is 0 Å². The third kappa shape index (κ3) is 3.76. The molecule has 2 heterocycles. The number of ether oxygens (including phenoxy) is 2. The Morgan fingerprint density at radius 2 is 2.47 bits per heavy atom. The SMILES string of the molecule is CCOCCCc1nc(C2COCCN2)no1. The molecular formula is C11H19N3O3. The highest BCUT2D eigenvalue weighted by Crippen LogP contribution is 2.12. The molecule has 0 saturated carbocycles. The second kappa shape index (κ2) is 6.68. The smallest absolute Gasteiger partial charge is 0.226 e. The van der Waals surface area contributed by atoms with Crippen LogP contribution in [0.4, 0.5) is 0 Å². The van der Waals surface area contributed by atoms with E-state index in [9.17, 15) is 0 Å². The van der Waals surface area contributed by atoms with Crippen LogP contribution in [0.3, 0.4) is 0 Å². The third-order valence-corrected chi connectivity index (χ3v) is 2.60. The van der Waals surface area contributed by atoms with Crippen LogP contribution in [0.1, 0.15) is 31.1 Å². The van der Waals surface area contributed by atoms with Crippen molar-refractivity contribution in [2.75, 3.05) is 33.0 Å². The molecule has 0 aliphatic carbocycles. The second-order valence-corrected chi connectivity index (χ2v) is 3.93. The summed E-state index contributed by atoms with van der Waals surface area (Å²) in [5.74, 6) is 1.36. The average Bonchev–Trinajstić information content (AvgIpc) is 2.85. The average molecular weight is 241 g/mol. The number of aromatic nitrogens is 2. The number of aryl methyl sites for hydroxylation is 1. The number of nitrogens with zero attached hydrogens (tertiary/aromatic N) is 2. The van der Waals surface area contributed by atoms with Crippen molar-refractivity contribution in [3.63, 3.8) is 0 Å². The standard InChI is InChI=1S/C11H19N3O3/c1-2-15-6-3-4-10-13-11(14-17-10)9-8-16-7-5-12-9/h9,12H,2-8H2,1H3. The molecule has 1 fully saturated rings. The molecule has 1 aliphatic heterocycles. The van der Waals surface area contributed by atoms with E-state index in [0.29, 0.717) is 18.3 Å². The van der Waals surface area contributed by atoms with E-state index in [1.165, 1.54) is 0 Å². The first-order valence-corrected chi connectivity index (χ1v) is 6.11. The molecule has 6 heteroatoms. The molecule has 0 radical (unpaired) electrons. The molecule has 1 aliphatic rings. The number of morpholine rings is 1. The predicted molar refractivity (Wildman–Crippen MR) is 60.7 cm³/mol. The first-order valence-electron chi connectivity index (χ1n) is 6.11. The van der Waals surface area contributed by atoms with E-state index in [-0.39, 0.29) is 6.04 Å². The summed E-state index contributed by atoms with van der Waals surface area (Å²) >= 11 is 0. The van der Waals surface area contributed by atoms with Crippen LogP contribution in [0.15, 0.2) is 4.52 Å². The van der Waals surface area contributed by atoms with Crippen molar-refractivity contribution in [3.05, 3.63) is 11.7 Å². The van der Waals surface area contributed by atoms with Crippen LogP contribution in [-0.4, -0.2) is 43.1 Å². The quantitative estimate of drug-likeness (QED) is 0.739. The van der Waals surface area contributed by atoms with E-state index in [2.05, 4.69) is 15.5 Å². The molecule has 6 nitrogen and oxygen atoms in total. The zero-order valence-electron chi connectivity index (χ0n) is 10.1. The lowest BCUT2D eigenvalue weighted by atomic mass is 10.2. The van der Waals surface area contributed by atoms with E-state index in [1.54, 1.807) is 0 Å². The van der Waals surface area contributed by atoms with Crippen LogP contribution >= 0.6 is 0 Å². The van der Waals surface area contributed by atoms with Crippen LogP contribution in [0.2, 0.25) is 0 Å². The molecule has 1 aromatic rings. The summed E-state index contributed by atoms with van der Waals surface area (Å²) in [7, 11) is 0. The Morgan fingerprint density at radius 3 is 3.24 bits per heavy atom. The summed E-state index contributed by atoms with van der Waals surface area (Å²) in [5, 5.41) is 7.26. The van der Waals surface area contributed by atoms with Crippen molar-refractivity contribution in [1.29, 1.82) is 0 Å². The van der Waals surface area contributed by atoms with Gasteiger partial charge in [-0.1, -0.05) is 5.16 Å². The maximum atomic E-state index is 5.35. The lowest BCUT2D eigenvalue weighted by molar-refractivity contribution is 0.0734. The van der Waals surface area contributed by atoms with Gasteiger partial charge >= 0.3 is 0 Å². The third-order valence-electron chi connectivity index (χ3n) is 2.60. The second-order valence-electron chi connectivity index (χ2n) is 3.93. The van der Waals surface area contributed by atoms with Crippen LogP contribution in [0.25, 0.3) is 0 Å². The topological polar surface area (TPSA) is 69.4 Å². The molecule has 1 unspecified atom stereocenters. The number of rotatable bonds is 6.